The number of carbonyl (C=O) groups excluding carboxylic acids is 2. The Kier molecular flexibility index (Phi) is 6.73. The van der Waals surface area contributed by atoms with Crippen molar-refractivity contribution in [2.75, 3.05) is 31.4 Å². The number of esters is 1. The molecule has 0 bridgehead atoms. The Labute approximate surface area is 204 Å². The van der Waals surface area contributed by atoms with Crippen molar-refractivity contribution in [3.05, 3.63) is 34.2 Å². The van der Waals surface area contributed by atoms with Gasteiger partial charge in [0.05, 0.1) is 18.4 Å². The van der Waals surface area contributed by atoms with Crippen LogP contribution in [0, 0.1) is 0 Å². The fourth-order valence-corrected chi connectivity index (χ4v) is 5.86. The van der Waals surface area contributed by atoms with Gasteiger partial charge in [0.2, 0.25) is 11.8 Å². The number of aryl methyl sites for hydroxylation is 1. The fourth-order valence-electron chi connectivity index (χ4n) is 4.00. The maximum Gasteiger partial charge on any atom is 0.341 e. The van der Waals surface area contributed by atoms with Crippen LogP contribution >= 0.6 is 23.1 Å². The lowest BCUT2D eigenvalue weighted by Crippen LogP contribution is -2.16. The number of ether oxygens (including phenoxy) is 3. The van der Waals surface area contributed by atoms with Crippen molar-refractivity contribution in [1.29, 1.82) is 0 Å². The van der Waals surface area contributed by atoms with Gasteiger partial charge in [0, 0.05) is 10.4 Å². The number of nitrogens with zero attached hydrogens (tertiary/aromatic N) is 2. The van der Waals surface area contributed by atoms with Crippen LogP contribution in [0.15, 0.2) is 27.8 Å². The van der Waals surface area contributed by atoms with Gasteiger partial charge in [-0.05, 0) is 49.4 Å². The molecule has 9 nitrogen and oxygen atoms in total. The summed E-state index contributed by atoms with van der Waals surface area (Å²) in [6.45, 7) is 1.01. The molecule has 0 atom stereocenters. The van der Waals surface area contributed by atoms with E-state index in [4.69, 9.17) is 18.6 Å². The average molecular weight is 502 g/mol. The van der Waals surface area contributed by atoms with Crippen molar-refractivity contribution < 1.29 is 28.2 Å². The Balaban J connectivity index is 1.24. The minimum atomic E-state index is -0.414. The fraction of sp³-hybridized carbons (Fsp3) is 0.391. The molecule has 0 saturated heterocycles. The van der Waals surface area contributed by atoms with Gasteiger partial charge >= 0.3 is 5.97 Å². The van der Waals surface area contributed by atoms with Gasteiger partial charge in [-0.1, -0.05) is 18.2 Å². The van der Waals surface area contributed by atoms with Crippen LogP contribution in [0.5, 0.6) is 11.5 Å². The number of amides is 1. The Bertz CT molecular complexity index is 1220. The largest absolute Gasteiger partial charge is 0.486 e. The van der Waals surface area contributed by atoms with E-state index in [1.165, 1.54) is 18.4 Å². The van der Waals surface area contributed by atoms with E-state index in [0.717, 1.165) is 54.3 Å². The van der Waals surface area contributed by atoms with Gasteiger partial charge in [-0.25, -0.2) is 4.79 Å². The lowest BCUT2D eigenvalue weighted by Gasteiger charge is -2.18. The highest BCUT2D eigenvalue weighted by atomic mass is 32.2. The first-order valence-corrected chi connectivity index (χ1v) is 12.8. The molecule has 1 N–H and O–H groups in total. The van der Waals surface area contributed by atoms with Crippen molar-refractivity contribution in [3.63, 3.8) is 0 Å². The molecule has 3 aromatic rings. The molecule has 1 aliphatic carbocycles. The second kappa shape index (κ2) is 10.1. The number of benzene rings is 1. The van der Waals surface area contributed by atoms with Gasteiger partial charge in [0.1, 0.15) is 18.2 Å². The monoisotopic (exact) mass is 501 g/mol. The summed E-state index contributed by atoms with van der Waals surface area (Å²) in [5, 5.41) is 11.8. The lowest BCUT2D eigenvalue weighted by atomic mass is 10.1. The number of hydrogen-bond donors (Lipinski definition) is 1. The number of aromatic nitrogens is 2. The normalized spacial score (nSPS) is 14.7. The van der Waals surface area contributed by atoms with E-state index in [1.807, 2.05) is 6.07 Å². The zero-order chi connectivity index (χ0) is 23.5. The van der Waals surface area contributed by atoms with Gasteiger partial charge in [0.25, 0.3) is 5.22 Å². The number of thioether (sulfide) groups is 1. The van der Waals surface area contributed by atoms with Crippen LogP contribution in [0.1, 0.15) is 40.1 Å². The molecule has 2 aromatic heterocycles. The predicted molar refractivity (Wildman–Crippen MR) is 127 cm³/mol. The van der Waals surface area contributed by atoms with Crippen LogP contribution in [0.3, 0.4) is 0 Å². The molecule has 3 heterocycles. The predicted octanol–water partition coefficient (Wildman–Crippen LogP) is 4.36. The molecule has 0 radical (unpaired) electrons. The molecule has 1 aromatic carbocycles. The smallest absolute Gasteiger partial charge is 0.341 e. The summed E-state index contributed by atoms with van der Waals surface area (Å²) in [6, 6.07) is 5.41. The number of anilines is 1. The topological polar surface area (TPSA) is 113 Å². The van der Waals surface area contributed by atoms with Crippen LogP contribution in [-0.4, -0.2) is 48.2 Å². The summed E-state index contributed by atoms with van der Waals surface area (Å²) in [5.74, 6) is 1.03. The molecular weight excluding hydrogens is 478 g/mol. The minimum Gasteiger partial charge on any atom is -0.486 e. The van der Waals surface area contributed by atoms with Crippen LogP contribution in [0.2, 0.25) is 0 Å². The molecule has 5 rings (SSSR count). The first kappa shape index (κ1) is 22.7. The van der Waals surface area contributed by atoms with Crippen molar-refractivity contribution in [1.82, 2.24) is 10.2 Å². The molecular formula is C23H23N3O6S2. The average Bonchev–Trinajstić information content (AvgIpc) is 3.40. The first-order chi connectivity index (χ1) is 16.6. The second-order valence-electron chi connectivity index (χ2n) is 7.83. The SMILES string of the molecule is COC(=O)c1c(NC(=O)CSc2nnc(-c3ccc4c(c3)OCCO4)o2)sc2c1CCCCC2. The van der Waals surface area contributed by atoms with Crippen LogP contribution in [0.25, 0.3) is 11.5 Å². The minimum absolute atomic E-state index is 0.0615. The maximum atomic E-state index is 12.7. The zero-order valence-electron chi connectivity index (χ0n) is 18.5. The van der Waals surface area contributed by atoms with Gasteiger partial charge in [0.15, 0.2) is 11.5 Å². The van der Waals surface area contributed by atoms with E-state index >= 15 is 0 Å². The molecule has 178 valence electrons. The molecule has 2 aliphatic rings. The van der Waals surface area contributed by atoms with E-state index in [2.05, 4.69) is 15.5 Å². The Morgan fingerprint density at radius 2 is 1.94 bits per heavy atom. The van der Waals surface area contributed by atoms with Gasteiger partial charge < -0.3 is 23.9 Å². The van der Waals surface area contributed by atoms with Crippen LogP contribution in [-0.2, 0) is 22.4 Å². The van der Waals surface area contributed by atoms with E-state index in [-0.39, 0.29) is 16.9 Å². The first-order valence-electron chi connectivity index (χ1n) is 11.0. The lowest BCUT2D eigenvalue weighted by molar-refractivity contribution is -0.113. The molecule has 1 amide bonds. The van der Waals surface area contributed by atoms with Crippen molar-refractivity contribution in [3.8, 4) is 23.0 Å². The summed E-state index contributed by atoms with van der Waals surface area (Å²) < 4.78 is 21.8. The molecule has 11 heteroatoms. The second-order valence-corrected chi connectivity index (χ2v) is 9.86. The van der Waals surface area contributed by atoms with Gasteiger partial charge in [-0.15, -0.1) is 21.5 Å². The maximum absolute atomic E-state index is 12.7. The van der Waals surface area contributed by atoms with Crippen molar-refractivity contribution in [2.24, 2.45) is 0 Å². The Morgan fingerprint density at radius 3 is 2.79 bits per heavy atom. The summed E-state index contributed by atoms with van der Waals surface area (Å²) in [7, 11) is 1.36. The molecule has 0 saturated carbocycles. The van der Waals surface area contributed by atoms with Gasteiger partial charge in [-0.3, -0.25) is 4.79 Å². The highest BCUT2D eigenvalue weighted by molar-refractivity contribution is 7.99. The van der Waals surface area contributed by atoms with E-state index in [9.17, 15) is 9.59 Å². The Morgan fingerprint density at radius 1 is 1.12 bits per heavy atom. The third kappa shape index (κ3) is 4.76. The number of thiophene rings is 1. The van der Waals surface area contributed by atoms with Crippen molar-refractivity contribution in [2.45, 2.75) is 37.3 Å². The number of methoxy groups -OCH3 is 1. The quantitative estimate of drug-likeness (QED) is 0.299. The number of rotatable bonds is 6. The molecule has 1 aliphatic heterocycles. The standard InChI is InChI=1S/C23H23N3O6S2/c1-29-22(28)19-14-5-3-2-4-6-17(14)34-21(19)24-18(27)12-33-23-26-25-20(32-23)13-7-8-15-16(11-13)31-10-9-30-15/h7-8,11H,2-6,9-10,12H2,1H3,(H,24,27). The summed E-state index contributed by atoms with van der Waals surface area (Å²) >= 11 is 2.60. The van der Waals surface area contributed by atoms with Gasteiger partial charge in [-0.2, -0.15) is 0 Å². The molecule has 0 spiro atoms. The molecule has 34 heavy (non-hydrogen) atoms. The summed E-state index contributed by atoms with van der Waals surface area (Å²) in [5.41, 5.74) is 2.20. The number of carbonyl (C=O) groups is 2. The van der Waals surface area contributed by atoms with Crippen molar-refractivity contribution >= 4 is 40.0 Å². The highest BCUT2D eigenvalue weighted by Gasteiger charge is 2.26. The molecule has 0 unspecified atom stereocenters. The van der Waals surface area contributed by atoms with E-state index < -0.39 is 5.97 Å². The summed E-state index contributed by atoms with van der Waals surface area (Å²) in [4.78, 5) is 26.3. The van der Waals surface area contributed by atoms with Crippen LogP contribution < -0.4 is 14.8 Å². The van der Waals surface area contributed by atoms with E-state index in [0.29, 0.717) is 46.7 Å². The summed E-state index contributed by atoms with van der Waals surface area (Å²) in [6.07, 6.45) is 4.99. The number of hydrogen-bond acceptors (Lipinski definition) is 10. The Hall–Kier alpha value is -3.05. The third-order valence-corrected chi connectivity index (χ3v) is 7.61. The number of fused-ring (bicyclic) bond motifs is 2. The number of nitrogens with one attached hydrogen (secondary N) is 1. The van der Waals surface area contributed by atoms with Crippen LogP contribution in [0.4, 0.5) is 5.00 Å². The molecule has 0 fully saturated rings. The zero-order valence-corrected chi connectivity index (χ0v) is 20.2. The third-order valence-electron chi connectivity index (χ3n) is 5.59. The van der Waals surface area contributed by atoms with E-state index in [1.54, 1.807) is 12.1 Å². The highest BCUT2D eigenvalue weighted by Crippen LogP contribution is 2.38.